The number of pyridine rings is 1. The van der Waals surface area contributed by atoms with Gasteiger partial charge in [-0.3, -0.25) is 9.78 Å². The Morgan fingerprint density at radius 2 is 1.88 bits per heavy atom. The first-order chi connectivity index (χ1) is 12.7. The Balaban J connectivity index is 1.50. The van der Waals surface area contributed by atoms with Gasteiger partial charge in [-0.1, -0.05) is 42.5 Å². The predicted molar refractivity (Wildman–Crippen MR) is 104 cm³/mol. The van der Waals surface area contributed by atoms with Crippen LogP contribution in [0.15, 0.2) is 77.4 Å². The van der Waals surface area contributed by atoms with E-state index in [0.29, 0.717) is 0 Å². The van der Waals surface area contributed by atoms with Crippen molar-refractivity contribution < 1.29 is 9.21 Å². The van der Waals surface area contributed by atoms with Crippen LogP contribution in [0.1, 0.15) is 24.3 Å². The van der Waals surface area contributed by atoms with Crippen molar-refractivity contribution in [2.45, 2.75) is 13.0 Å². The molecule has 0 fully saturated rings. The number of amides is 1. The molecule has 1 N–H and O–H groups in total. The Labute approximate surface area is 151 Å². The Morgan fingerprint density at radius 3 is 2.77 bits per heavy atom. The topological polar surface area (TPSA) is 55.1 Å². The Bertz CT molecular complexity index is 1070. The van der Waals surface area contributed by atoms with Crippen LogP contribution in [0.25, 0.3) is 27.9 Å². The van der Waals surface area contributed by atoms with Crippen LogP contribution < -0.4 is 5.32 Å². The van der Waals surface area contributed by atoms with Crippen LogP contribution >= 0.6 is 0 Å². The minimum absolute atomic E-state index is 0.175. The molecule has 4 aromatic rings. The number of fused-ring (bicyclic) bond motifs is 2. The standard InChI is InChI=1S/C22H18N2O2/c1-15(20-14-18-6-2-3-10-19(18)26-20)24-21(25)12-11-17-8-4-7-16-9-5-13-23-22(16)17/h2-15H,1H3,(H,24,25)/b12-11+. The van der Waals surface area contributed by atoms with Crippen LogP contribution in [0.2, 0.25) is 0 Å². The van der Waals surface area contributed by atoms with Gasteiger partial charge in [-0.05, 0) is 31.2 Å². The van der Waals surface area contributed by atoms with E-state index in [4.69, 9.17) is 4.42 Å². The second-order valence-electron chi connectivity index (χ2n) is 6.17. The average Bonchev–Trinajstić information content (AvgIpc) is 3.11. The normalized spacial score (nSPS) is 12.7. The first-order valence-electron chi connectivity index (χ1n) is 8.51. The molecule has 128 valence electrons. The number of hydrogen-bond acceptors (Lipinski definition) is 3. The fourth-order valence-corrected chi connectivity index (χ4v) is 2.98. The van der Waals surface area contributed by atoms with Gasteiger partial charge in [-0.2, -0.15) is 0 Å². The van der Waals surface area contributed by atoms with Gasteiger partial charge in [-0.15, -0.1) is 0 Å². The lowest BCUT2D eigenvalue weighted by atomic mass is 10.1. The van der Waals surface area contributed by atoms with Gasteiger partial charge in [0.2, 0.25) is 5.91 Å². The summed E-state index contributed by atoms with van der Waals surface area (Å²) in [5, 5.41) is 5.01. The van der Waals surface area contributed by atoms with E-state index in [-0.39, 0.29) is 11.9 Å². The van der Waals surface area contributed by atoms with Crippen molar-refractivity contribution in [1.82, 2.24) is 10.3 Å². The number of furan rings is 1. The molecule has 2 aromatic heterocycles. The number of rotatable bonds is 4. The molecule has 4 rings (SSSR count). The molecule has 1 unspecified atom stereocenters. The summed E-state index contributed by atoms with van der Waals surface area (Å²) < 4.78 is 5.80. The average molecular weight is 342 g/mol. The molecule has 4 nitrogen and oxygen atoms in total. The van der Waals surface area contributed by atoms with Crippen LogP contribution in [0.4, 0.5) is 0 Å². The highest BCUT2D eigenvalue weighted by Gasteiger charge is 2.12. The Hall–Kier alpha value is -3.40. The number of benzene rings is 2. The molecule has 0 bridgehead atoms. The molecule has 0 aliphatic rings. The second-order valence-corrected chi connectivity index (χ2v) is 6.17. The number of aromatic nitrogens is 1. The van der Waals surface area contributed by atoms with Crippen LogP contribution in [-0.4, -0.2) is 10.9 Å². The van der Waals surface area contributed by atoms with Crippen molar-refractivity contribution in [2.24, 2.45) is 0 Å². The van der Waals surface area contributed by atoms with Crippen LogP contribution in [0, 0.1) is 0 Å². The van der Waals surface area contributed by atoms with Gasteiger partial charge in [0.15, 0.2) is 0 Å². The molecule has 2 aromatic carbocycles. The SMILES string of the molecule is CC(NC(=O)/C=C/c1cccc2cccnc12)c1cc2ccccc2o1. The maximum absolute atomic E-state index is 12.3. The van der Waals surface area contributed by atoms with E-state index in [1.807, 2.05) is 67.6 Å². The molecule has 0 saturated heterocycles. The maximum Gasteiger partial charge on any atom is 0.244 e. The maximum atomic E-state index is 12.3. The number of para-hydroxylation sites is 2. The minimum Gasteiger partial charge on any atom is -0.459 e. The van der Waals surface area contributed by atoms with E-state index < -0.39 is 0 Å². The van der Waals surface area contributed by atoms with Gasteiger partial charge in [0.05, 0.1) is 11.6 Å². The summed E-state index contributed by atoms with van der Waals surface area (Å²) in [6.07, 6.45) is 5.07. The quantitative estimate of drug-likeness (QED) is 0.538. The first kappa shape index (κ1) is 16.1. The number of nitrogens with zero attached hydrogens (tertiary/aromatic N) is 1. The summed E-state index contributed by atoms with van der Waals surface area (Å²) in [6.45, 7) is 1.91. The molecule has 0 aliphatic heterocycles. The third kappa shape index (κ3) is 3.22. The minimum atomic E-state index is -0.217. The summed E-state index contributed by atoms with van der Waals surface area (Å²) in [4.78, 5) is 16.7. The molecular formula is C22H18N2O2. The van der Waals surface area contributed by atoms with Gasteiger partial charge in [-0.25, -0.2) is 0 Å². The van der Waals surface area contributed by atoms with Crippen molar-refractivity contribution in [3.8, 4) is 0 Å². The smallest absolute Gasteiger partial charge is 0.244 e. The highest BCUT2D eigenvalue weighted by Crippen LogP contribution is 2.23. The van der Waals surface area contributed by atoms with E-state index >= 15 is 0 Å². The molecule has 0 radical (unpaired) electrons. The van der Waals surface area contributed by atoms with E-state index in [9.17, 15) is 4.79 Å². The molecule has 2 heterocycles. The molecular weight excluding hydrogens is 324 g/mol. The zero-order valence-corrected chi connectivity index (χ0v) is 14.3. The number of carbonyl (C=O) groups is 1. The van der Waals surface area contributed by atoms with Gasteiger partial charge in [0.1, 0.15) is 11.3 Å². The number of nitrogens with one attached hydrogen (secondary N) is 1. The zero-order chi connectivity index (χ0) is 17.9. The van der Waals surface area contributed by atoms with Crippen LogP contribution in [0.5, 0.6) is 0 Å². The van der Waals surface area contributed by atoms with Crippen molar-refractivity contribution >= 4 is 33.9 Å². The molecule has 1 amide bonds. The van der Waals surface area contributed by atoms with Crippen LogP contribution in [0.3, 0.4) is 0 Å². The van der Waals surface area contributed by atoms with E-state index in [1.165, 1.54) is 6.08 Å². The molecule has 4 heteroatoms. The molecule has 0 saturated carbocycles. The van der Waals surface area contributed by atoms with Gasteiger partial charge in [0.25, 0.3) is 0 Å². The molecule has 0 aliphatic carbocycles. The third-order valence-corrected chi connectivity index (χ3v) is 4.31. The van der Waals surface area contributed by atoms with Crippen LogP contribution in [-0.2, 0) is 4.79 Å². The van der Waals surface area contributed by atoms with Gasteiger partial charge < -0.3 is 9.73 Å². The molecule has 0 spiro atoms. The Morgan fingerprint density at radius 1 is 1.08 bits per heavy atom. The zero-order valence-electron chi connectivity index (χ0n) is 14.3. The summed E-state index contributed by atoms with van der Waals surface area (Å²) in [6, 6.07) is 19.4. The van der Waals surface area contributed by atoms with Crippen molar-refractivity contribution in [3.63, 3.8) is 0 Å². The summed E-state index contributed by atoms with van der Waals surface area (Å²) in [7, 11) is 0. The molecule has 1 atom stereocenters. The summed E-state index contributed by atoms with van der Waals surface area (Å²) in [5.41, 5.74) is 2.61. The lowest BCUT2D eigenvalue weighted by Gasteiger charge is -2.09. The van der Waals surface area contributed by atoms with Crippen molar-refractivity contribution in [2.75, 3.05) is 0 Å². The fraction of sp³-hybridized carbons (Fsp3) is 0.0909. The highest BCUT2D eigenvalue weighted by atomic mass is 16.3. The predicted octanol–water partition coefficient (Wildman–Crippen LogP) is 4.87. The van der Waals surface area contributed by atoms with E-state index in [1.54, 1.807) is 12.3 Å². The van der Waals surface area contributed by atoms with Crippen molar-refractivity contribution in [3.05, 3.63) is 84.3 Å². The molecule has 26 heavy (non-hydrogen) atoms. The lowest BCUT2D eigenvalue weighted by molar-refractivity contribution is -0.117. The highest BCUT2D eigenvalue weighted by molar-refractivity contribution is 5.95. The number of hydrogen-bond donors (Lipinski definition) is 1. The Kier molecular flexibility index (Phi) is 4.23. The summed E-state index contributed by atoms with van der Waals surface area (Å²) >= 11 is 0. The monoisotopic (exact) mass is 342 g/mol. The van der Waals surface area contributed by atoms with Gasteiger partial charge in [0, 0.05) is 28.6 Å². The van der Waals surface area contributed by atoms with Gasteiger partial charge >= 0.3 is 0 Å². The fourth-order valence-electron chi connectivity index (χ4n) is 2.98. The summed E-state index contributed by atoms with van der Waals surface area (Å²) in [5.74, 6) is 0.561. The first-order valence-corrected chi connectivity index (χ1v) is 8.51. The second kappa shape index (κ2) is 6.84. The van der Waals surface area contributed by atoms with Crippen molar-refractivity contribution in [1.29, 1.82) is 0 Å². The third-order valence-electron chi connectivity index (χ3n) is 4.31. The lowest BCUT2D eigenvalue weighted by Crippen LogP contribution is -2.24. The number of carbonyl (C=O) groups excluding carboxylic acids is 1. The van der Waals surface area contributed by atoms with E-state index in [2.05, 4.69) is 10.3 Å². The largest absolute Gasteiger partial charge is 0.459 e. The van der Waals surface area contributed by atoms with E-state index in [0.717, 1.165) is 33.2 Å².